The molecular formula is C20H26N2O4S. The van der Waals surface area contributed by atoms with Gasteiger partial charge in [0.15, 0.2) is 0 Å². The zero-order valence-corrected chi connectivity index (χ0v) is 16.8. The summed E-state index contributed by atoms with van der Waals surface area (Å²) in [4.78, 5) is 12.7. The number of rotatable bonds is 9. The standard InChI is InChI=1S/C20H26N2O4S/c1-4-26-15-7-14-21-20(23)18-8-5-6-9-19(18)22(3)27(24,25)17-12-10-16(2)11-13-17/h5-6,8-13H,4,7,14-15H2,1-3H3,(H,21,23). The maximum atomic E-state index is 12.9. The normalized spacial score (nSPS) is 11.2. The minimum Gasteiger partial charge on any atom is -0.382 e. The Morgan fingerprint density at radius 1 is 1.11 bits per heavy atom. The zero-order valence-electron chi connectivity index (χ0n) is 15.9. The van der Waals surface area contributed by atoms with Crippen LogP contribution in [-0.4, -0.2) is 41.1 Å². The van der Waals surface area contributed by atoms with E-state index in [4.69, 9.17) is 4.74 Å². The summed E-state index contributed by atoms with van der Waals surface area (Å²) in [7, 11) is -2.31. The number of nitrogens with zero attached hydrogens (tertiary/aromatic N) is 1. The Balaban J connectivity index is 2.20. The summed E-state index contributed by atoms with van der Waals surface area (Å²) in [6.07, 6.45) is 0.694. The highest BCUT2D eigenvalue weighted by molar-refractivity contribution is 7.92. The summed E-state index contributed by atoms with van der Waals surface area (Å²) >= 11 is 0. The van der Waals surface area contributed by atoms with Crippen molar-refractivity contribution in [1.82, 2.24) is 5.32 Å². The van der Waals surface area contributed by atoms with Crippen molar-refractivity contribution in [1.29, 1.82) is 0 Å². The lowest BCUT2D eigenvalue weighted by molar-refractivity contribution is 0.0945. The van der Waals surface area contributed by atoms with Crippen LogP contribution in [0.2, 0.25) is 0 Å². The molecule has 0 aliphatic rings. The van der Waals surface area contributed by atoms with Gasteiger partial charge in [0.2, 0.25) is 0 Å². The average molecular weight is 391 g/mol. The second kappa shape index (κ2) is 9.53. The van der Waals surface area contributed by atoms with E-state index < -0.39 is 10.0 Å². The lowest BCUT2D eigenvalue weighted by Crippen LogP contribution is -2.31. The minimum absolute atomic E-state index is 0.183. The van der Waals surface area contributed by atoms with Crippen molar-refractivity contribution in [3.63, 3.8) is 0 Å². The van der Waals surface area contributed by atoms with Gasteiger partial charge in [0.05, 0.1) is 16.1 Å². The second-order valence-corrected chi connectivity index (χ2v) is 8.08. The fourth-order valence-corrected chi connectivity index (χ4v) is 3.77. The number of aryl methyl sites for hydroxylation is 1. The highest BCUT2D eigenvalue weighted by atomic mass is 32.2. The van der Waals surface area contributed by atoms with Crippen molar-refractivity contribution in [3.8, 4) is 0 Å². The quantitative estimate of drug-likeness (QED) is 0.668. The van der Waals surface area contributed by atoms with Gasteiger partial charge in [-0.1, -0.05) is 29.8 Å². The Kier molecular flexibility index (Phi) is 7.38. The Labute approximate surface area is 161 Å². The molecule has 2 rings (SSSR count). The first-order valence-corrected chi connectivity index (χ1v) is 10.3. The Hall–Kier alpha value is -2.38. The van der Waals surface area contributed by atoms with Crippen LogP contribution in [0.3, 0.4) is 0 Å². The summed E-state index contributed by atoms with van der Waals surface area (Å²) in [6, 6.07) is 13.3. The zero-order chi connectivity index (χ0) is 19.9. The first kappa shape index (κ1) is 20.9. The van der Waals surface area contributed by atoms with E-state index in [-0.39, 0.29) is 10.8 Å². The molecule has 1 amide bonds. The third kappa shape index (κ3) is 5.30. The maximum absolute atomic E-state index is 12.9. The van der Waals surface area contributed by atoms with Crippen molar-refractivity contribution >= 4 is 21.6 Å². The first-order valence-electron chi connectivity index (χ1n) is 8.88. The molecule has 0 aromatic heterocycles. The number of carbonyl (C=O) groups is 1. The molecule has 2 aromatic carbocycles. The van der Waals surface area contributed by atoms with Crippen LogP contribution in [0.4, 0.5) is 5.69 Å². The number of anilines is 1. The van der Waals surface area contributed by atoms with Gasteiger partial charge < -0.3 is 10.1 Å². The Morgan fingerprint density at radius 2 is 1.78 bits per heavy atom. The van der Waals surface area contributed by atoms with Gasteiger partial charge in [-0.2, -0.15) is 0 Å². The number of benzene rings is 2. The van der Waals surface area contributed by atoms with Crippen molar-refractivity contribution in [2.24, 2.45) is 0 Å². The SMILES string of the molecule is CCOCCCNC(=O)c1ccccc1N(C)S(=O)(=O)c1ccc(C)cc1. The highest BCUT2D eigenvalue weighted by Crippen LogP contribution is 2.25. The molecule has 6 nitrogen and oxygen atoms in total. The fourth-order valence-electron chi connectivity index (χ4n) is 2.55. The van der Waals surface area contributed by atoms with E-state index in [9.17, 15) is 13.2 Å². The smallest absolute Gasteiger partial charge is 0.264 e. The van der Waals surface area contributed by atoms with Crippen LogP contribution in [0.5, 0.6) is 0 Å². The van der Waals surface area contributed by atoms with Crippen molar-refractivity contribution < 1.29 is 17.9 Å². The topological polar surface area (TPSA) is 75.7 Å². The minimum atomic E-state index is -3.76. The molecule has 7 heteroatoms. The van der Waals surface area contributed by atoms with E-state index in [1.807, 2.05) is 13.8 Å². The van der Waals surface area contributed by atoms with E-state index in [1.54, 1.807) is 48.5 Å². The molecule has 27 heavy (non-hydrogen) atoms. The van der Waals surface area contributed by atoms with Gasteiger partial charge in [-0.3, -0.25) is 9.10 Å². The summed E-state index contributed by atoms with van der Waals surface area (Å²) in [5.74, 6) is -0.312. The lowest BCUT2D eigenvalue weighted by Gasteiger charge is -2.22. The largest absolute Gasteiger partial charge is 0.382 e. The molecular weight excluding hydrogens is 364 g/mol. The Bertz CT molecular complexity index is 864. The number of carbonyl (C=O) groups excluding carboxylic acids is 1. The lowest BCUT2D eigenvalue weighted by atomic mass is 10.1. The van der Waals surface area contributed by atoms with Gasteiger partial charge in [-0.25, -0.2) is 8.42 Å². The van der Waals surface area contributed by atoms with Crippen LogP contribution in [0.15, 0.2) is 53.4 Å². The molecule has 0 aliphatic carbocycles. The van der Waals surface area contributed by atoms with Gasteiger partial charge >= 0.3 is 0 Å². The number of hydrogen-bond donors (Lipinski definition) is 1. The van der Waals surface area contributed by atoms with Gasteiger partial charge in [0.1, 0.15) is 0 Å². The van der Waals surface area contributed by atoms with Crippen LogP contribution < -0.4 is 9.62 Å². The summed E-state index contributed by atoms with van der Waals surface area (Å²) in [5, 5.41) is 2.81. The van der Waals surface area contributed by atoms with Crippen LogP contribution in [0.1, 0.15) is 29.3 Å². The third-order valence-corrected chi connectivity index (χ3v) is 5.91. The molecule has 0 unspecified atom stereocenters. The molecule has 0 bridgehead atoms. The molecule has 0 saturated heterocycles. The average Bonchev–Trinajstić information content (AvgIpc) is 2.67. The predicted molar refractivity (Wildman–Crippen MR) is 107 cm³/mol. The monoisotopic (exact) mass is 390 g/mol. The van der Waals surface area contributed by atoms with Gasteiger partial charge in [0, 0.05) is 26.8 Å². The van der Waals surface area contributed by atoms with Crippen molar-refractivity contribution in [3.05, 3.63) is 59.7 Å². The fraction of sp³-hybridized carbons (Fsp3) is 0.350. The predicted octanol–water partition coefficient (Wildman–Crippen LogP) is 2.98. The number of hydrogen-bond acceptors (Lipinski definition) is 4. The third-order valence-electron chi connectivity index (χ3n) is 4.12. The first-order chi connectivity index (χ1) is 12.9. The van der Waals surface area contributed by atoms with Crippen LogP contribution >= 0.6 is 0 Å². The van der Waals surface area contributed by atoms with E-state index in [2.05, 4.69) is 5.32 Å². The molecule has 0 heterocycles. The molecule has 0 atom stereocenters. The molecule has 0 aliphatic heterocycles. The summed E-state index contributed by atoms with van der Waals surface area (Å²) in [6.45, 7) is 5.48. The second-order valence-electron chi connectivity index (χ2n) is 6.11. The van der Waals surface area contributed by atoms with Gasteiger partial charge in [-0.15, -0.1) is 0 Å². The highest BCUT2D eigenvalue weighted by Gasteiger charge is 2.24. The number of amides is 1. The number of ether oxygens (including phenoxy) is 1. The van der Waals surface area contributed by atoms with E-state index in [0.29, 0.717) is 37.4 Å². The van der Waals surface area contributed by atoms with E-state index >= 15 is 0 Å². The van der Waals surface area contributed by atoms with Gasteiger partial charge in [-0.05, 0) is 44.5 Å². The number of nitrogens with one attached hydrogen (secondary N) is 1. The summed E-state index contributed by atoms with van der Waals surface area (Å²) < 4.78 is 32.2. The van der Waals surface area contributed by atoms with Crippen LogP contribution in [0, 0.1) is 6.92 Å². The summed E-state index contributed by atoms with van der Waals surface area (Å²) in [5.41, 5.74) is 1.62. The Morgan fingerprint density at radius 3 is 2.44 bits per heavy atom. The molecule has 1 N–H and O–H groups in total. The van der Waals surface area contributed by atoms with Crippen molar-refractivity contribution in [2.45, 2.75) is 25.2 Å². The molecule has 2 aromatic rings. The van der Waals surface area contributed by atoms with E-state index in [0.717, 1.165) is 9.87 Å². The molecule has 0 radical (unpaired) electrons. The van der Waals surface area contributed by atoms with Crippen molar-refractivity contribution in [2.75, 3.05) is 31.1 Å². The number of para-hydroxylation sites is 1. The van der Waals surface area contributed by atoms with Crippen LogP contribution in [-0.2, 0) is 14.8 Å². The van der Waals surface area contributed by atoms with Gasteiger partial charge in [0.25, 0.3) is 15.9 Å². The molecule has 0 saturated carbocycles. The molecule has 146 valence electrons. The maximum Gasteiger partial charge on any atom is 0.264 e. The molecule has 0 fully saturated rings. The van der Waals surface area contributed by atoms with Crippen LogP contribution in [0.25, 0.3) is 0 Å². The van der Waals surface area contributed by atoms with E-state index in [1.165, 1.54) is 7.05 Å². The number of sulfonamides is 1. The molecule has 0 spiro atoms.